The van der Waals surface area contributed by atoms with Crippen LogP contribution in [0.15, 0.2) is 53.2 Å². The largest absolute Gasteiger partial charge is 0.493 e. The number of ether oxygens (including phenoxy) is 2. The van der Waals surface area contributed by atoms with E-state index in [0.717, 1.165) is 0 Å². The molecular weight excluding hydrogens is 396 g/mol. The lowest BCUT2D eigenvalue weighted by molar-refractivity contribution is 0.0887. The van der Waals surface area contributed by atoms with Crippen molar-refractivity contribution in [3.8, 4) is 11.5 Å². The minimum atomic E-state index is -0.727. The Bertz CT molecular complexity index is 876. The third-order valence-electron chi connectivity index (χ3n) is 3.86. The average molecular weight is 417 g/mol. The second kappa shape index (κ2) is 9.38. The van der Waals surface area contributed by atoms with Crippen molar-refractivity contribution in [3.63, 3.8) is 0 Å². The summed E-state index contributed by atoms with van der Waals surface area (Å²) < 4.78 is 10.9. The van der Waals surface area contributed by atoms with Crippen LogP contribution in [-0.4, -0.2) is 25.5 Å². The van der Waals surface area contributed by atoms with E-state index >= 15 is 0 Å². The van der Waals surface area contributed by atoms with E-state index in [1.165, 1.54) is 22.7 Å². The van der Waals surface area contributed by atoms with Gasteiger partial charge < -0.3 is 20.1 Å². The van der Waals surface area contributed by atoms with E-state index in [2.05, 4.69) is 10.6 Å². The maximum atomic E-state index is 12.6. The Kier molecular flexibility index (Phi) is 6.67. The average Bonchev–Trinajstić information content (AvgIpc) is 3.41. The molecular formula is C20H20N2O4S2. The van der Waals surface area contributed by atoms with Crippen molar-refractivity contribution in [1.82, 2.24) is 10.6 Å². The van der Waals surface area contributed by atoms with Gasteiger partial charge in [0.15, 0.2) is 11.5 Å². The number of carbonyl (C=O) groups excluding carboxylic acids is 2. The Labute approximate surface area is 171 Å². The molecule has 2 N–H and O–H groups in total. The molecule has 3 rings (SSSR count). The zero-order chi connectivity index (χ0) is 19.9. The molecule has 1 aromatic carbocycles. The van der Waals surface area contributed by atoms with Crippen molar-refractivity contribution in [2.45, 2.75) is 13.1 Å². The molecule has 0 aliphatic carbocycles. The molecule has 2 amide bonds. The van der Waals surface area contributed by atoms with Crippen molar-refractivity contribution in [1.29, 1.82) is 0 Å². The van der Waals surface area contributed by atoms with Crippen LogP contribution in [0, 0.1) is 0 Å². The first-order valence-corrected chi connectivity index (χ1v) is 10.4. The number of benzene rings is 1. The van der Waals surface area contributed by atoms with Gasteiger partial charge in [-0.25, -0.2) is 0 Å². The predicted octanol–water partition coefficient (Wildman–Crippen LogP) is 4.08. The Hall–Kier alpha value is -2.84. The fraction of sp³-hybridized carbons (Fsp3) is 0.200. The van der Waals surface area contributed by atoms with Gasteiger partial charge in [-0.2, -0.15) is 0 Å². The Morgan fingerprint density at radius 2 is 1.57 bits per heavy atom. The van der Waals surface area contributed by atoms with Crippen LogP contribution in [0.1, 0.15) is 38.0 Å². The second-order valence-corrected chi connectivity index (χ2v) is 7.57. The molecule has 0 radical (unpaired) electrons. The lowest BCUT2D eigenvalue weighted by atomic mass is 10.1. The third-order valence-corrected chi connectivity index (χ3v) is 5.60. The monoisotopic (exact) mass is 416 g/mol. The summed E-state index contributed by atoms with van der Waals surface area (Å²) in [7, 11) is 1.56. The number of methoxy groups -OCH3 is 1. The standard InChI is InChI=1S/C20H20N2O4S2/c1-3-26-15-12-13(8-9-14(15)25-2)18(21-19(23)16-6-4-10-27-16)22-20(24)17-7-5-11-28-17/h4-12,18H,3H2,1-2H3,(H,21,23)(H,22,24). The summed E-state index contributed by atoms with van der Waals surface area (Å²) in [5.41, 5.74) is 0.680. The Morgan fingerprint density at radius 3 is 2.04 bits per heavy atom. The molecule has 3 aromatic rings. The van der Waals surface area contributed by atoms with Crippen molar-refractivity contribution in [2.24, 2.45) is 0 Å². The highest BCUT2D eigenvalue weighted by molar-refractivity contribution is 7.12. The summed E-state index contributed by atoms with van der Waals surface area (Å²) in [5, 5.41) is 9.42. The zero-order valence-corrected chi connectivity index (χ0v) is 17.1. The van der Waals surface area contributed by atoms with Crippen LogP contribution in [0.5, 0.6) is 11.5 Å². The highest BCUT2D eigenvalue weighted by Gasteiger charge is 2.21. The molecule has 0 bridgehead atoms. The van der Waals surface area contributed by atoms with Crippen LogP contribution >= 0.6 is 22.7 Å². The number of thiophene rings is 2. The molecule has 0 spiro atoms. The summed E-state index contributed by atoms with van der Waals surface area (Å²) in [6.07, 6.45) is -0.727. The smallest absolute Gasteiger partial charge is 0.263 e. The molecule has 2 aromatic heterocycles. The number of rotatable bonds is 8. The van der Waals surface area contributed by atoms with E-state index in [0.29, 0.717) is 33.4 Å². The molecule has 146 valence electrons. The highest BCUT2D eigenvalue weighted by Crippen LogP contribution is 2.30. The van der Waals surface area contributed by atoms with Gasteiger partial charge in [0.2, 0.25) is 0 Å². The Morgan fingerprint density at radius 1 is 0.964 bits per heavy atom. The number of nitrogens with one attached hydrogen (secondary N) is 2. The Balaban J connectivity index is 1.89. The summed E-state index contributed by atoms with van der Waals surface area (Å²) in [4.78, 5) is 26.3. The predicted molar refractivity (Wildman–Crippen MR) is 110 cm³/mol. The summed E-state index contributed by atoms with van der Waals surface area (Å²) in [6, 6.07) is 12.4. The maximum absolute atomic E-state index is 12.6. The minimum Gasteiger partial charge on any atom is -0.493 e. The van der Waals surface area contributed by atoms with Gasteiger partial charge in [0.05, 0.1) is 23.5 Å². The molecule has 0 atom stereocenters. The molecule has 0 aliphatic rings. The normalized spacial score (nSPS) is 10.5. The van der Waals surface area contributed by atoms with E-state index in [9.17, 15) is 9.59 Å². The molecule has 8 heteroatoms. The first kappa shape index (κ1) is 19.9. The van der Waals surface area contributed by atoms with Gasteiger partial charge in [-0.1, -0.05) is 18.2 Å². The van der Waals surface area contributed by atoms with E-state index in [1.807, 2.05) is 17.7 Å². The van der Waals surface area contributed by atoms with Crippen molar-refractivity contribution in [3.05, 3.63) is 68.5 Å². The van der Waals surface area contributed by atoms with Gasteiger partial charge in [-0.15, -0.1) is 22.7 Å². The van der Waals surface area contributed by atoms with Crippen LogP contribution in [-0.2, 0) is 0 Å². The fourth-order valence-electron chi connectivity index (χ4n) is 2.56. The molecule has 0 saturated heterocycles. The lowest BCUT2D eigenvalue weighted by Crippen LogP contribution is -2.40. The van der Waals surface area contributed by atoms with Crippen molar-refractivity contribution < 1.29 is 19.1 Å². The van der Waals surface area contributed by atoms with Crippen molar-refractivity contribution >= 4 is 34.5 Å². The van der Waals surface area contributed by atoms with E-state index in [4.69, 9.17) is 9.47 Å². The zero-order valence-electron chi connectivity index (χ0n) is 15.4. The first-order chi connectivity index (χ1) is 13.6. The number of hydrogen-bond acceptors (Lipinski definition) is 6. The maximum Gasteiger partial charge on any atom is 0.263 e. The SMILES string of the molecule is CCOc1cc(C(NC(=O)c2cccs2)NC(=O)c2cccs2)ccc1OC. The van der Waals surface area contributed by atoms with Gasteiger partial charge >= 0.3 is 0 Å². The summed E-state index contributed by atoms with van der Waals surface area (Å²) in [5.74, 6) is 0.599. The highest BCUT2D eigenvalue weighted by atomic mass is 32.1. The number of hydrogen-bond donors (Lipinski definition) is 2. The minimum absolute atomic E-state index is 0.264. The fourth-order valence-corrected chi connectivity index (χ4v) is 3.82. The number of amides is 2. The van der Waals surface area contributed by atoms with Crippen LogP contribution in [0.4, 0.5) is 0 Å². The van der Waals surface area contributed by atoms with Crippen LogP contribution < -0.4 is 20.1 Å². The summed E-state index contributed by atoms with van der Waals surface area (Å²) >= 11 is 2.67. The molecule has 28 heavy (non-hydrogen) atoms. The molecule has 0 saturated carbocycles. The molecule has 0 fully saturated rings. The van der Waals surface area contributed by atoms with Gasteiger partial charge in [-0.05, 0) is 47.5 Å². The molecule has 0 aliphatic heterocycles. The van der Waals surface area contributed by atoms with Crippen LogP contribution in [0.2, 0.25) is 0 Å². The number of carbonyl (C=O) groups is 2. The molecule has 0 unspecified atom stereocenters. The van der Waals surface area contributed by atoms with Crippen molar-refractivity contribution in [2.75, 3.05) is 13.7 Å². The van der Waals surface area contributed by atoms with E-state index < -0.39 is 6.17 Å². The second-order valence-electron chi connectivity index (χ2n) is 5.68. The van der Waals surface area contributed by atoms with E-state index in [-0.39, 0.29) is 11.8 Å². The lowest BCUT2D eigenvalue weighted by Gasteiger charge is -2.21. The summed E-state index contributed by atoms with van der Waals surface area (Å²) in [6.45, 7) is 2.34. The third kappa shape index (κ3) is 4.71. The van der Waals surface area contributed by atoms with Crippen LogP contribution in [0.3, 0.4) is 0 Å². The van der Waals surface area contributed by atoms with Gasteiger partial charge in [-0.3, -0.25) is 9.59 Å². The first-order valence-electron chi connectivity index (χ1n) is 8.61. The van der Waals surface area contributed by atoms with Gasteiger partial charge in [0, 0.05) is 0 Å². The van der Waals surface area contributed by atoms with Gasteiger partial charge in [0.25, 0.3) is 11.8 Å². The van der Waals surface area contributed by atoms with E-state index in [1.54, 1.807) is 49.6 Å². The molecule has 6 nitrogen and oxygen atoms in total. The van der Waals surface area contributed by atoms with Gasteiger partial charge in [0.1, 0.15) is 6.17 Å². The molecule has 2 heterocycles. The topological polar surface area (TPSA) is 76.7 Å². The van der Waals surface area contributed by atoms with Crippen LogP contribution in [0.25, 0.3) is 0 Å². The quantitative estimate of drug-likeness (QED) is 0.543.